The molecule has 0 bridgehead atoms. The molecule has 0 aliphatic carbocycles. The summed E-state index contributed by atoms with van der Waals surface area (Å²) < 4.78 is 10.8. The summed E-state index contributed by atoms with van der Waals surface area (Å²) in [5.74, 6) is 0.390. The van der Waals surface area contributed by atoms with E-state index < -0.39 is 11.4 Å². The lowest BCUT2D eigenvalue weighted by atomic mass is 9.84. The Morgan fingerprint density at radius 1 is 1.33 bits per heavy atom. The predicted octanol–water partition coefficient (Wildman–Crippen LogP) is 4.13. The average Bonchev–Trinajstić information content (AvgIpc) is 2.39. The second kappa shape index (κ2) is 6.56. The molecule has 0 atom stereocenters. The van der Waals surface area contributed by atoms with Crippen LogP contribution in [0.2, 0.25) is 5.02 Å². The molecule has 0 unspecified atom stereocenters. The van der Waals surface area contributed by atoms with Crippen LogP contribution in [0.1, 0.15) is 44.7 Å². The van der Waals surface area contributed by atoms with Crippen molar-refractivity contribution in [2.45, 2.75) is 40.0 Å². The summed E-state index contributed by atoms with van der Waals surface area (Å²) in [6, 6.07) is 1.85. The molecule has 0 fully saturated rings. The lowest BCUT2D eigenvalue weighted by molar-refractivity contribution is -0.146. The first-order chi connectivity index (χ1) is 9.65. The molecule has 118 valence electrons. The van der Waals surface area contributed by atoms with Crippen molar-refractivity contribution < 1.29 is 19.4 Å². The van der Waals surface area contributed by atoms with Crippen LogP contribution in [0.15, 0.2) is 6.07 Å². The third-order valence-electron chi connectivity index (χ3n) is 3.55. The van der Waals surface area contributed by atoms with Gasteiger partial charge in [-0.15, -0.1) is 0 Å². The fraction of sp³-hybridized carbons (Fsp3) is 0.562. The number of hydrogen-bond donors (Lipinski definition) is 1. The van der Waals surface area contributed by atoms with Crippen molar-refractivity contribution in [2.24, 2.45) is 5.41 Å². The second-order valence-corrected chi connectivity index (χ2v) is 6.39. The molecular weight excluding hydrogens is 292 g/mol. The predicted molar refractivity (Wildman–Crippen MR) is 83.8 cm³/mol. The Morgan fingerprint density at radius 3 is 2.29 bits per heavy atom. The molecular formula is C16H23ClO4. The topological polar surface area (TPSA) is 55.8 Å². The third-order valence-corrected chi connectivity index (χ3v) is 3.99. The Morgan fingerprint density at radius 2 is 1.90 bits per heavy atom. The smallest absolute Gasteiger partial charge is 0.309 e. The van der Waals surface area contributed by atoms with E-state index in [9.17, 15) is 9.90 Å². The lowest BCUT2D eigenvalue weighted by Gasteiger charge is -2.24. The van der Waals surface area contributed by atoms with Gasteiger partial charge < -0.3 is 14.6 Å². The molecule has 0 heterocycles. The molecule has 0 amide bonds. The molecule has 1 aromatic carbocycles. The summed E-state index contributed by atoms with van der Waals surface area (Å²) >= 11 is 6.50. The van der Waals surface area contributed by atoms with Crippen LogP contribution in [0.4, 0.5) is 0 Å². The highest BCUT2D eigenvalue weighted by molar-refractivity contribution is 6.32. The van der Waals surface area contributed by atoms with E-state index in [4.69, 9.17) is 21.1 Å². The zero-order chi connectivity index (χ0) is 16.4. The monoisotopic (exact) mass is 314 g/mol. The van der Waals surface area contributed by atoms with E-state index in [1.165, 1.54) is 7.11 Å². The van der Waals surface area contributed by atoms with Crippen molar-refractivity contribution in [1.82, 2.24) is 0 Å². The van der Waals surface area contributed by atoms with Gasteiger partial charge in [-0.2, -0.15) is 0 Å². The van der Waals surface area contributed by atoms with Crippen LogP contribution in [0.5, 0.6) is 11.5 Å². The lowest BCUT2D eigenvalue weighted by Crippen LogP contribution is -2.26. The molecule has 1 N–H and O–H groups in total. The Kier molecular flexibility index (Phi) is 5.51. The van der Waals surface area contributed by atoms with Crippen LogP contribution in [-0.2, 0) is 11.2 Å². The maximum Gasteiger partial charge on any atom is 0.309 e. The minimum absolute atomic E-state index is 0.198. The molecule has 0 aliphatic heterocycles. The van der Waals surface area contributed by atoms with E-state index in [2.05, 4.69) is 0 Å². The molecule has 1 rings (SSSR count). The first-order valence-electron chi connectivity index (χ1n) is 6.82. The Balaban J connectivity index is 3.53. The van der Waals surface area contributed by atoms with Crippen LogP contribution >= 0.6 is 11.6 Å². The van der Waals surface area contributed by atoms with Gasteiger partial charge in [-0.1, -0.05) is 25.4 Å². The fourth-order valence-corrected chi connectivity index (χ4v) is 2.59. The van der Waals surface area contributed by atoms with E-state index in [1.807, 2.05) is 19.9 Å². The highest BCUT2D eigenvalue weighted by Gasteiger charge is 2.32. The summed E-state index contributed by atoms with van der Waals surface area (Å²) in [6.07, 6.45) is 0.265. The van der Waals surface area contributed by atoms with Gasteiger partial charge in [-0.05, 0) is 37.8 Å². The van der Waals surface area contributed by atoms with E-state index in [0.29, 0.717) is 22.1 Å². The zero-order valence-electron chi connectivity index (χ0n) is 13.4. The number of aliphatic carboxylic acids is 1. The van der Waals surface area contributed by atoms with Gasteiger partial charge in [0.05, 0.1) is 24.7 Å². The van der Waals surface area contributed by atoms with Crippen molar-refractivity contribution in [1.29, 1.82) is 0 Å². The Labute approximate surface area is 131 Å². The molecule has 21 heavy (non-hydrogen) atoms. The van der Waals surface area contributed by atoms with Gasteiger partial charge in [0.2, 0.25) is 0 Å². The third kappa shape index (κ3) is 3.62. The number of hydrogen-bond acceptors (Lipinski definition) is 3. The number of carbonyl (C=O) groups is 1. The average molecular weight is 315 g/mol. The molecule has 0 radical (unpaired) electrons. The summed E-state index contributed by atoms with van der Waals surface area (Å²) in [6.45, 7) is 7.39. The van der Waals surface area contributed by atoms with E-state index >= 15 is 0 Å². The quantitative estimate of drug-likeness (QED) is 0.857. The highest BCUT2D eigenvalue weighted by Crippen LogP contribution is 2.43. The molecule has 0 saturated heterocycles. The van der Waals surface area contributed by atoms with Crippen molar-refractivity contribution in [3.05, 3.63) is 22.2 Å². The molecule has 5 heteroatoms. The maximum absolute atomic E-state index is 11.4. The van der Waals surface area contributed by atoms with Crippen LogP contribution in [0.25, 0.3) is 0 Å². The van der Waals surface area contributed by atoms with Crippen LogP contribution in [0.3, 0.4) is 0 Å². The zero-order valence-corrected chi connectivity index (χ0v) is 14.2. The molecule has 0 aromatic heterocycles. The summed E-state index contributed by atoms with van der Waals surface area (Å²) in [4.78, 5) is 11.4. The van der Waals surface area contributed by atoms with E-state index in [-0.39, 0.29) is 12.3 Å². The minimum Gasteiger partial charge on any atom is -0.493 e. The highest BCUT2D eigenvalue weighted by atomic mass is 35.5. The van der Waals surface area contributed by atoms with Gasteiger partial charge in [0, 0.05) is 5.56 Å². The first kappa shape index (κ1) is 17.6. The van der Waals surface area contributed by atoms with Gasteiger partial charge in [-0.25, -0.2) is 0 Å². The van der Waals surface area contributed by atoms with Gasteiger partial charge in [0.25, 0.3) is 0 Å². The number of halogens is 1. The van der Waals surface area contributed by atoms with Crippen molar-refractivity contribution in [2.75, 3.05) is 14.2 Å². The number of methoxy groups -OCH3 is 2. The normalized spacial score (nSPS) is 11.6. The number of carboxylic acid groups (broad SMARTS) is 1. The Hall–Kier alpha value is -1.42. The van der Waals surface area contributed by atoms with Crippen LogP contribution in [0, 0.1) is 5.41 Å². The van der Waals surface area contributed by atoms with Gasteiger partial charge in [0.15, 0.2) is 11.5 Å². The number of rotatable bonds is 6. The van der Waals surface area contributed by atoms with Crippen LogP contribution < -0.4 is 9.47 Å². The van der Waals surface area contributed by atoms with Gasteiger partial charge in [0.1, 0.15) is 0 Å². The SMILES string of the molecule is COc1cc(C(C)C)c(Cl)c(CC(C)(C)C(=O)O)c1OC. The number of benzene rings is 1. The molecule has 0 aliphatic rings. The maximum atomic E-state index is 11.4. The fourth-order valence-electron chi connectivity index (χ4n) is 2.16. The summed E-state index contributed by atoms with van der Waals surface area (Å²) in [7, 11) is 3.09. The number of carboxylic acids is 1. The van der Waals surface area contributed by atoms with Crippen molar-refractivity contribution in [3.63, 3.8) is 0 Å². The molecule has 1 aromatic rings. The minimum atomic E-state index is -0.947. The second-order valence-electron chi connectivity index (χ2n) is 6.01. The van der Waals surface area contributed by atoms with E-state index in [1.54, 1.807) is 21.0 Å². The van der Waals surface area contributed by atoms with Crippen molar-refractivity contribution in [3.8, 4) is 11.5 Å². The standard InChI is InChI=1S/C16H23ClO4/c1-9(2)10-7-12(20-5)14(21-6)11(13(10)17)8-16(3,4)15(18)19/h7,9H,8H2,1-6H3,(H,18,19). The molecule has 0 saturated carbocycles. The summed E-state index contributed by atoms with van der Waals surface area (Å²) in [5, 5.41) is 9.90. The van der Waals surface area contributed by atoms with Gasteiger partial charge >= 0.3 is 5.97 Å². The summed E-state index contributed by atoms with van der Waals surface area (Å²) in [5.41, 5.74) is 0.650. The van der Waals surface area contributed by atoms with E-state index in [0.717, 1.165) is 5.56 Å². The van der Waals surface area contributed by atoms with Crippen molar-refractivity contribution >= 4 is 17.6 Å². The Bertz CT molecular complexity index is 536. The van der Waals surface area contributed by atoms with Crippen LogP contribution in [-0.4, -0.2) is 25.3 Å². The largest absolute Gasteiger partial charge is 0.493 e. The molecule has 4 nitrogen and oxygen atoms in total. The first-order valence-corrected chi connectivity index (χ1v) is 7.20. The number of ether oxygens (including phenoxy) is 2. The molecule has 0 spiro atoms. The van der Waals surface area contributed by atoms with Gasteiger partial charge in [-0.3, -0.25) is 4.79 Å².